The molecule has 1 saturated carbocycles. The fourth-order valence-electron chi connectivity index (χ4n) is 7.72. The van der Waals surface area contributed by atoms with Gasteiger partial charge < -0.3 is 24.0 Å². The van der Waals surface area contributed by atoms with E-state index in [1.54, 1.807) is 42.7 Å². The zero-order valence-electron chi connectivity index (χ0n) is 28.7. The van der Waals surface area contributed by atoms with Gasteiger partial charge in [-0.05, 0) is 86.9 Å². The molecule has 6 heterocycles. The van der Waals surface area contributed by atoms with Crippen LogP contribution in [0.4, 0.5) is 22.8 Å². The van der Waals surface area contributed by atoms with Crippen molar-refractivity contribution in [2.75, 3.05) is 26.2 Å². The number of benzene rings is 1. The first-order chi connectivity index (χ1) is 22.9. The first-order valence-corrected chi connectivity index (χ1v) is 16.4. The molecule has 4 saturated heterocycles. The molecule has 3 amide bonds. The molecule has 0 N–H and O–H groups in total. The van der Waals surface area contributed by atoms with E-state index in [0.29, 0.717) is 54.5 Å². The van der Waals surface area contributed by atoms with Crippen LogP contribution in [0.1, 0.15) is 79.6 Å². The molecule has 5 fully saturated rings. The van der Waals surface area contributed by atoms with Gasteiger partial charge in [-0.3, -0.25) is 0 Å². The molecule has 1 aromatic carbocycles. The zero-order chi connectivity index (χ0) is 35.4. The van der Waals surface area contributed by atoms with Gasteiger partial charge in [0, 0.05) is 51.7 Å². The van der Waals surface area contributed by atoms with E-state index in [1.807, 2.05) is 4.57 Å². The van der Waals surface area contributed by atoms with Crippen LogP contribution in [0.15, 0.2) is 16.6 Å². The Morgan fingerprint density at radius 1 is 1.24 bits per heavy atom. The molecule has 13 heteroatoms. The van der Waals surface area contributed by atoms with Gasteiger partial charge in [0.05, 0.1) is 47.3 Å². The summed E-state index contributed by atoms with van der Waals surface area (Å²) in [5.41, 5.74) is 0.310. The van der Waals surface area contributed by atoms with E-state index in [-0.39, 0.29) is 51.9 Å². The summed E-state index contributed by atoms with van der Waals surface area (Å²) < 4.78 is 76.9. The smallest absolute Gasteiger partial charge is 0.410 e. The maximum absolute atomic E-state index is 16.2. The van der Waals surface area contributed by atoms with Gasteiger partial charge in [-0.15, -0.1) is 0 Å². The number of pyridine rings is 1. The fraction of sp³-hybridized carbons (Fsp3) is 0.576. The Hall–Kier alpha value is -3.53. The molecule has 2 bridgehead atoms. The van der Waals surface area contributed by atoms with Crippen LogP contribution >= 0.6 is 15.9 Å². The molecule has 46 heavy (non-hydrogen) atoms. The van der Waals surface area contributed by atoms with Gasteiger partial charge in [0.2, 0.25) is 0 Å². The largest absolute Gasteiger partial charge is 0.444 e. The Morgan fingerprint density at radius 2 is 2.00 bits per heavy atom. The summed E-state index contributed by atoms with van der Waals surface area (Å²) in [4.78, 5) is 35.7. The third-order valence-electron chi connectivity index (χ3n) is 9.70. The number of nitriles is 1. The first kappa shape index (κ1) is 27.6. The molecule has 2 aromatic heterocycles. The maximum Gasteiger partial charge on any atom is 0.410 e. The van der Waals surface area contributed by atoms with Crippen molar-refractivity contribution in [1.29, 1.82) is 5.26 Å². The molecule has 0 unspecified atom stereocenters. The van der Waals surface area contributed by atoms with E-state index in [2.05, 4.69) is 27.0 Å². The SMILES string of the molecule is [2H]C([2H])([2H])c1nc2c(F)c(Br)c(CCC#N)cc2c2c1cc([C@H]1CCCN1C(=O)N1CC(F)(F)C1)n2[C@H]1[C@@H]2C[C@H]1N(C(=O)OC(C)(C)C)C2. The fourth-order valence-corrected chi connectivity index (χ4v) is 8.22. The minimum atomic E-state index is -2.95. The predicted octanol–water partition coefficient (Wildman–Crippen LogP) is 7.24. The highest BCUT2D eigenvalue weighted by atomic mass is 79.9. The Labute approximate surface area is 277 Å². The van der Waals surface area contributed by atoms with Crippen molar-refractivity contribution >= 4 is 49.9 Å². The minimum Gasteiger partial charge on any atom is -0.444 e. The Balaban J connectivity index is 1.46. The van der Waals surface area contributed by atoms with Gasteiger partial charge >= 0.3 is 12.1 Å². The van der Waals surface area contributed by atoms with Crippen molar-refractivity contribution in [3.63, 3.8) is 0 Å². The summed E-state index contributed by atoms with van der Waals surface area (Å²) in [5, 5.41) is 9.89. The van der Waals surface area contributed by atoms with Crippen LogP contribution in [0.2, 0.25) is 0 Å². The number of ether oxygens (including phenoxy) is 1. The summed E-state index contributed by atoms with van der Waals surface area (Å²) in [6.07, 6.45) is 1.63. The van der Waals surface area contributed by atoms with Gasteiger partial charge in [0.1, 0.15) is 11.1 Å². The number of urea groups is 1. The molecule has 4 atom stereocenters. The Morgan fingerprint density at radius 3 is 2.67 bits per heavy atom. The van der Waals surface area contributed by atoms with Crippen molar-refractivity contribution < 1.29 is 31.6 Å². The van der Waals surface area contributed by atoms with Crippen LogP contribution in [0.3, 0.4) is 0 Å². The van der Waals surface area contributed by atoms with Gasteiger partial charge in [0.25, 0.3) is 5.92 Å². The molecule has 9 nitrogen and oxygen atoms in total. The molecule has 4 aliphatic heterocycles. The number of nitrogens with zero attached hydrogens (tertiary/aromatic N) is 6. The maximum atomic E-state index is 16.2. The second-order valence-electron chi connectivity index (χ2n) is 13.9. The van der Waals surface area contributed by atoms with Crippen molar-refractivity contribution in [1.82, 2.24) is 24.3 Å². The third-order valence-corrected chi connectivity index (χ3v) is 10.6. The van der Waals surface area contributed by atoms with Crippen molar-refractivity contribution in [3.05, 3.63) is 39.4 Å². The summed E-state index contributed by atoms with van der Waals surface area (Å²) in [5.74, 6) is -3.75. The molecule has 1 aliphatic carbocycles. The average molecular weight is 705 g/mol. The topological polar surface area (TPSA) is 94.7 Å². The quantitative estimate of drug-likeness (QED) is 0.286. The van der Waals surface area contributed by atoms with Crippen LogP contribution in [-0.4, -0.2) is 80.1 Å². The number of likely N-dealkylation sites (tertiary alicyclic amines) is 2. The van der Waals surface area contributed by atoms with Crippen LogP contribution in [0, 0.1) is 29.9 Å². The average Bonchev–Trinajstić information content (AvgIpc) is 3.77. The third kappa shape index (κ3) is 4.90. The second kappa shape index (κ2) is 10.8. The molecular weight excluding hydrogens is 665 g/mol. The number of fused-ring (bicyclic) bond motifs is 4. The number of halogens is 4. The summed E-state index contributed by atoms with van der Waals surface area (Å²) in [6, 6.07) is 3.70. The van der Waals surface area contributed by atoms with Gasteiger partial charge in [-0.2, -0.15) is 5.26 Å². The van der Waals surface area contributed by atoms with Crippen molar-refractivity contribution in [3.8, 4) is 6.07 Å². The van der Waals surface area contributed by atoms with Crippen molar-refractivity contribution in [2.24, 2.45) is 5.92 Å². The van der Waals surface area contributed by atoms with Gasteiger partial charge in [-0.1, -0.05) is 0 Å². The molecule has 244 valence electrons. The standard InChI is InChI=1S/C33H36BrF3N6O3/c1-17-20-13-23(22-8-6-10-41(22)30(44)40-15-33(36,37)16-40)43(28-19-12-24(28)42(14-19)31(45)46-32(2,3)4)29(20)21-11-18(7-5-9-38)25(34)26(35)27(21)39-17/h11,13,19,22,24,28H,5-8,10,12,14-16H2,1-4H3/t19-,22-,24-,28+/m1/s1/i1D3. The van der Waals surface area contributed by atoms with E-state index < -0.39 is 55.4 Å². The first-order valence-electron chi connectivity index (χ1n) is 17.1. The van der Waals surface area contributed by atoms with Gasteiger partial charge in [-0.25, -0.2) is 27.7 Å². The lowest BCUT2D eigenvalue weighted by atomic mass is 9.79. The zero-order valence-corrected chi connectivity index (χ0v) is 27.3. The Kier molecular flexibility index (Phi) is 6.45. The summed E-state index contributed by atoms with van der Waals surface area (Å²) >= 11 is 3.30. The highest BCUT2D eigenvalue weighted by Crippen LogP contribution is 2.54. The van der Waals surface area contributed by atoms with Crippen LogP contribution in [0.5, 0.6) is 0 Å². The molecule has 5 aliphatic rings. The lowest BCUT2D eigenvalue weighted by molar-refractivity contribution is -0.114. The summed E-state index contributed by atoms with van der Waals surface area (Å²) in [6.45, 7) is 1.97. The molecule has 8 rings (SSSR count). The number of rotatable bonds is 4. The molecule has 0 spiro atoms. The number of alkyl halides is 2. The monoisotopic (exact) mass is 703 g/mol. The van der Waals surface area contributed by atoms with E-state index in [4.69, 9.17) is 8.85 Å². The summed E-state index contributed by atoms with van der Waals surface area (Å²) in [7, 11) is 0. The van der Waals surface area contributed by atoms with Crippen LogP contribution in [-0.2, 0) is 11.2 Å². The van der Waals surface area contributed by atoms with Crippen molar-refractivity contribution in [2.45, 2.75) is 89.4 Å². The highest BCUT2D eigenvalue weighted by Gasteiger charge is 2.57. The number of aromatic nitrogens is 2. The lowest BCUT2D eigenvalue weighted by Gasteiger charge is -2.43. The van der Waals surface area contributed by atoms with Crippen LogP contribution < -0.4 is 0 Å². The number of aryl methyl sites for hydroxylation is 2. The lowest BCUT2D eigenvalue weighted by Crippen LogP contribution is -2.61. The van der Waals surface area contributed by atoms with E-state index in [1.165, 1.54) is 0 Å². The normalized spacial score (nSPS) is 26.4. The number of carbonyl (C=O) groups excluding carboxylic acids is 2. The van der Waals surface area contributed by atoms with Crippen LogP contribution in [0.25, 0.3) is 21.8 Å². The highest BCUT2D eigenvalue weighted by molar-refractivity contribution is 9.10. The van der Waals surface area contributed by atoms with E-state index >= 15 is 4.39 Å². The number of hydrogen-bond acceptors (Lipinski definition) is 5. The van der Waals surface area contributed by atoms with E-state index in [9.17, 15) is 23.6 Å². The van der Waals surface area contributed by atoms with Gasteiger partial charge in [0.15, 0.2) is 5.82 Å². The number of carbonyl (C=O) groups is 2. The predicted molar refractivity (Wildman–Crippen MR) is 168 cm³/mol. The molecular formula is C33H36BrF3N6O3. The molecule has 0 radical (unpaired) electrons. The number of hydrogen-bond donors (Lipinski definition) is 0. The number of amides is 3. The van der Waals surface area contributed by atoms with E-state index in [0.717, 1.165) is 4.90 Å². The minimum absolute atomic E-state index is 0.0516. The Bertz CT molecular complexity index is 1930. The second-order valence-corrected chi connectivity index (χ2v) is 14.7. The molecule has 3 aromatic rings.